The molecule has 27 heavy (non-hydrogen) atoms. The molecule has 7 heteroatoms. The Kier molecular flexibility index (Phi) is 4.07. The Hall–Kier alpha value is -3.35. The van der Waals surface area contributed by atoms with Gasteiger partial charge in [0.05, 0.1) is 30.3 Å². The summed E-state index contributed by atoms with van der Waals surface area (Å²) in [6.45, 7) is 4.52. The van der Waals surface area contributed by atoms with E-state index >= 15 is 0 Å². The predicted octanol–water partition coefficient (Wildman–Crippen LogP) is 2.83. The van der Waals surface area contributed by atoms with Gasteiger partial charge < -0.3 is 9.30 Å². The molecule has 0 unspecified atom stereocenters. The highest BCUT2D eigenvalue weighted by atomic mass is 16.5. The normalized spacial score (nSPS) is 11.3. The van der Waals surface area contributed by atoms with Crippen LogP contribution in [0.15, 0.2) is 47.9 Å². The van der Waals surface area contributed by atoms with E-state index in [4.69, 9.17) is 4.74 Å². The van der Waals surface area contributed by atoms with Crippen molar-refractivity contribution in [1.29, 1.82) is 0 Å². The second kappa shape index (κ2) is 6.42. The molecule has 3 heterocycles. The molecule has 0 spiro atoms. The number of aromatic nitrogens is 5. The molecule has 1 aromatic carbocycles. The second-order valence-electron chi connectivity index (χ2n) is 6.55. The van der Waals surface area contributed by atoms with Crippen molar-refractivity contribution in [3.63, 3.8) is 0 Å². The van der Waals surface area contributed by atoms with Crippen molar-refractivity contribution in [1.82, 2.24) is 23.9 Å². The SMILES string of the molecule is CCOc1ccc(-n2cc(-c3cnn(C)c3)c3c(ncn3C)c2=O)c(C)c1. The Balaban J connectivity index is 2.00. The summed E-state index contributed by atoms with van der Waals surface area (Å²) in [6, 6.07) is 5.73. The van der Waals surface area contributed by atoms with E-state index < -0.39 is 0 Å². The van der Waals surface area contributed by atoms with Gasteiger partial charge in [-0.1, -0.05) is 0 Å². The molecule has 4 aromatic rings. The van der Waals surface area contributed by atoms with Gasteiger partial charge in [0.2, 0.25) is 0 Å². The van der Waals surface area contributed by atoms with Gasteiger partial charge in [0.1, 0.15) is 5.75 Å². The second-order valence-corrected chi connectivity index (χ2v) is 6.55. The smallest absolute Gasteiger partial charge is 0.283 e. The molecule has 0 saturated carbocycles. The largest absolute Gasteiger partial charge is 0.494 e. The monoisotopic (exact) mass is 363 g/mol. The molecule has 138 valence electrons. The molecule has 0 atom stereocenters. The molecule has 0 radical (unpaired) electrons. The van der Waals surface area contributed by atoms with Crippen LogP contribution < -0.4 is 10.3 Å². The third-order valence-electron chi connectivity index (χ3n) is 4.63. The standard InChI is InChI=1S/C20H21N5O2/c1-5-27-15-6-7-17(13(2)8-15)25-11-16(14-9-22-24(4)10-14)19-18(20(25)26)21-12-23(19)3/h6-12H,5H2,1-4H3. The maximum Gasteiger partial charge on any atom is 0.283 e. The third kappa shape index (κ3) is 2.81. The highest BCUT2D eigenvalue weighted by Gasteiger charge is 2.17. The lowest BCUT2D eigenvalue weighted by Gasteiger charge is -2.13. The lowest BCUT2D eigenvalue weighted by molar-refractivity contribution is 0.340. The number of imidazole rings is 1. The highest BCUT2D eigenvalue weighted by molar-refractivity contribution is 5.91. The fourth-order valence-corrected chi connectivity index (χ4v) is 3.37. The number of rotatable bonds is 4. The molecule has 0 bridgehead atoms. The summed E-state index contributed by atoms with van der Waals surface area (Å²) in [7, 11) is 3.76. The maximum absolute atomic E-state index is 13.1. The zero-order valence-corrected chi connectivity index (χ0v) is 15.8. The maximum atomic E-state index is 13.1. The number of ether oxygens (including phenoxy) is 1. The Morgan fingerprint density at radius 1 is 1.19 bits per heavy atom. The molecule has 3 aromatic heterocycles. The topological polar surface area (TPSA) is 66.9 Å². The molecule has 0 N–H and O–H groups in total. The number of nitrogens with zero attached hydrogens (tertiary/aromatic N) is 5. The van der Waals surface area contributed by atoms with Crippen LogP contribution in [0.5, 0.6) is 5.75 Å². The van der Waals surface area contributed by atoms with Gasteiger partial charge in [0.25, 0.3) is 5.56 Å². The first-order valence-electron chi connectivity index (χ1n) is 8.79. The van der Waals surface area contributed by atoms with Crippen LogP contribution in [0.2, 0.25) is 0 Å². The van der Waals surface area contributed by atoms with Gasteiger partial charge in [0, 0.05) is 37.6 Å². The Bertz CT molecular complexity index is 1200. The van der Waals surface area contributed by atoms with Crippen LogP contribution in [0.25, 0.3) is 27.8 Å². The van der Waals surface area contributed by atoms with Crippen molar-refractivity contribution >= 4 is 11.0 Å². The first kappa shape index (κ1) is 17.1. The first-order valence-corrected chi connectivity index (χ1v) is 8.79. The number of fused-ring (bicyclic) bond motifs is 1. The van der Waals surface area contributed by atoms with Crippen LogP contribution in [0, 0.1) is 6.92 Å². The summed E-state index contributed by atoms with van der Waals surface area (Å²) in [5.41, 5.74) is 4.69. The molecule has 7 nitrogen and oxygen atoms in total. The van der Waals surface area contributed by atoms with Crippen LogP contribution in [0.4, 0.5) is 0 Å². The number of hydrogen-bond donors (Lipinski definition) is 0. The fourth-order valence-electron chi connectivity index (χ4n) is 3.37. The van der Waals surface area contributed by atoms with Crippen molar-refractivity contribution in [2.24, 2.45) is 14.1 Å². The van der Waals surface area contributed by atoms with Crippen LogP contribution in [-0.2, 0) is 14.1 Å². The summed E-state index contributed by atoms with van der Waals surface area (Å²) in [5, 5.41) is 4.27. The van der Waals surface area contributed by atoms with Crippen molar-refractivity contribution in [2.75, 3.05) is 6.61 Å². The van der Waals surface area contributed by atoms with Gasteiger partial charge >= 0.3 is 0 Å². The highest BCUT2D eigenvalue weighted by Crippen LogP contribution is 2.28. The summed E-state index contributed by atoms with van der Waals surface area (Å²) < 4.78 is 10.8. The first-order chi connectivity index (χ1) is 13.0. The van der Waals surface area contributed by atoms with E-state index in [1.54, 1.807) is 21.8 Å². The molecule has 0 aliphatic rings. The molecule has 4 rings (SSSR count). The van der Waals surface area contributed by atoms with E-state index in [2.05, 4.69) is 10.1 Å². The average molecular weight is 363 g/mol. The van der Waals surface area contributed by atoms with Gasteiger partial charge in [-0.05, 0) is 37.6 Å². The van der Waals surface area contributed by atoms with Crippen LogP contribution in [0.1, 0.15) is 12.5 Å². The van der Waals surface area contributed by atoms with Gasteiger partial charge in [-0.15, -0.1) is 0 Å². The van der Waals surface area contributed by atoms with E-state index in [1.165, 1.54) is 0 Å². The summed E-state index contributed by atoms with van der Waals surface area (Å²) in [4.78, 5) is 17.5. The minimum atomic E-state index is -0.148. The van der Waals surface area contributed by atoms with Gasteiger partial charge in [-0.25, -0.2) is 4.98 Å². The van der Waals surface area contributed by atoms with Crippen LogP contribution >= 0.6 is 0 Å². The molecular formula is C20H21N5O2. The van der Waals surface area contributed by atoms with Crippen molar-refractivity contribution in [3.05, 3.63) is 59.0 Å². The van der Waals surface area contributed by atoms with E-state index in [9.17, 15) is 4.79 Å². The molecular weight excluding hydrogens is 342 g/mol. The molecule has 0 saturated heterocycles. The number of aryl methyl sites for hydroxylation is 3. The van der Waals surface area contributed by atoms with Gasteiger partial charge in [-0.2, -0.15) is 5.10 Å². The molecule has 0 aliphatic heterocycles. The number of benzene rings is 1. The predicted molar refractivity (Wildman–Crippen MR) is 104 cm³/mol. The van der Waals surface area contributed by atoms with E-state index in [1.807, 2.05) is 63.1 Å². The van der Waals surface area contributed by atoms with Crippen molar-refractivity contribution in [2.45, 2.75) is 13.8 Å². The summed E-state index contributed by atoms with van der Waals surface area (Å²) in [6.07, 6.45) is 7.26. The van der Waals surface area contributed by atoms with E-state index in [0.717, 1.165) is 33.6 Å². The summed E-state index contributed by atoms with van der Waals surface area (Å²) >= 11 is 0. The third-order valence-corrected chi connectivity index (χ3v) is 4.63. The minimum absolute atomic E-state index is 0.148. The molecule has 0 aliphatic carbocycles. The zero-order chi connectivity index (χ0) is 19.1. The Morgan fingerprint density at radius 2 is 2.00 bits per heavy atom. The Morgan fingerprint density at radius 3 is 2.67 bits per heavy atom. The van der Waals surface area contributed by atoms with Crippen molar-refractivity contribution < 1.29 is 4.74 Å². The van der Waals surface area contributed by atoms with Crippen LogP contribution in [-0.4, -0.2) is 30.5 Å². The van der Waals surface area contributed by atoms with Gasteiger partial charge in [-0.3, -0.25) is 14.0 Å². The zero-order valence-electron chi connectivity index (χ0n) is 15.8. The Labute approximate surface area is 156 Å². The van der Waals surface area contributed by atoms with Gasteiger partial charge in [0.15, 0.2) is 5.52 Å². The van der Waals surface area contributed by atoms with E-state index in [0.29, 0.717) is 12.1 Å². The molecule has 0 amide bonds. The quantitative estimate of drug-likeness (QED) is 0.559. The van der Waals surface area contributed by atoms with Crippen LogP contribution in [0.3, 0.4) is 0 Å². The fraction of sp³-hybridized carbons (Fsp3) is 0.250. The summed E-state index contributed by atoms with van der Waals surface area (Å²) in [5.74, 6) is 0.790. The number of pyridine rings is 1. The minimum Gasteiger partial charge on any atom is -0.494 e. The van der Waals surface area contributed by atoms with Crippen molar-refractivity contribution in [3.8, 4) is 22.6 Å². The lowest BCUT2D eigenvalue weighted by atomic mass is 10.1. The lowest BCUT2D eigenvalue weighted by Crippen LogP contribution is -2.19. The van der Waals surface area contributed by atoms with E-state index in [-0.39, 0.29) is 5.56 Å². The molecule has 0 fully saturated rings. The average Bonchev–Trinajstić information content (AvgIpc) is 3.23. The number of hydrogen-bond acceptors (Lipinski definition) is 4.